The number of aromatic nitrogens is 2. The molecule has 1 unspecified atom stereocenters. The molecule has 0 saturated heterocycles. The van der Waals surface area contributed by atoms with Gasteiger partial charge in [0.2, 0.25) is 0 Å². The van der Waals surface area contributed by atoms with E-state index in [1.807, 2.05) is 0 Å². The summed E-state index contributed by atoms with van der Waals surface area (Å²) in [5, 5.41) is 9.04. The van der Waals surface area contributed by atoms with Crippen LogP contribution in [0.25, 0.3) is 0 Å². The molecule has 2 aromatic heterocycles. The summed E-state index contributed by atoms with van der Waals surface area (Å²) in [5.41, 5.74) is 1.16. The Kier molecular flexibility index (Phi) is 5.56. The monoisotopic (exact) mass is 304 g/mol. The van der Waals surface area contributed by atoms with Crippen molar-refractivity contribution in [3.05, 3.63) is 34.3 Å². The molecule has 0 aromatic carbocycles. The number of hydrogen-bond donors (Lipinski definition) is 2. The number of nitrogens with zero attached hydrogens (tertiary/aromatic N) is 2. The molecule has 4 nitrogen and oxygen atoms in total. The summed E-state index contributed by atoms with van der Waals surface area (Å²) < 4.78 is 0. The molecule has 0 radical (unpaired) electrons. The molecule has 2 aromatic rings. The second kappa shape index (κ2) is 7.41. The highest BCUT2D eigenvalue weighted by Gasteiger charge is 2.17. The Labute approximate surface area is 131 Å². The van der Waals surface area contributed by atoms with Crippen LogP contribution in [0.15, 0.2) is 23.8 Å². The van der Waals surface area contributed by atoms with Crippen LogP contribution in [-0.4, -0.2) is 16.5 Å². The first-order valence-electron chi connectivity index (χ1n) is 7.52. The maximum absolute atomic E-state index is 4.46. The molecular formula is C16H24N4S. The number of nitrogens with one attached hydrogen (secondary N) is 2. The molecule has 0 amide bonds. The van der Waals surface area contributed by atoms with Crippen molar-refractivity contribution in [2.75, 3.05) is 17.2 Å². The Bertz CT molecular complexity index is 551. The van der Waals surface area contributed by atoms with Crippen molar-refractivity contribution in [3.63, 3.8) is 0 Å². The summed E-state index contributed by atoms with van der Waals surface area (Å²) >= 11 is 1.76. The fraction of sp³-hybridized carbons (Fsp3) is 0.500. The lowest BCUT2D eigenvalue weighted by Crippen LogP contribution is -2.13. The van der Waals surface area contributed by atoms with E-state index in [0.717, 1.165) is 30.2 Å². The van der Waals surface area contributed by atoms with Crippen molar-refractivity contribution in [3.8, 4) is 0 Å². The summed E-state index contributed by atoms with van der Waals surface area (Å²) in [7, 11) is 0. The van der Waals surface area contributed by atoms with E-state index in [4.69, 9.17) is 0 Å². The highest BCUT2D eigenvalue weighted by atomic mass is 32.1. The van der Waals surface area contributed by atoms with Crippen molar-refractivity contribution in [2.24, 2.45) is 0 Å². The Balaban J connectivity index is 2.25. The van der Waals surface area contributed by atoms with Crippen molar-refractivity contribution in [1.29, 1.82) is 0 Å². The topological polar surface area (TPSA) is 49.8 Å². The van der Waals surface area contributed by atoms with Gasteiger partial charge in [-0.05, 0) is 30.7 Å². The minimum absolute atomic E-state index is 0.247. The summed E-state index contributed by atoms with van der Waals surface area (Å²) in [6.07, 6.45) is 2.71. The summed E-state index contributed by atoms with van der Waals surface area (Å²) in [5.74, 6) is 2.24. The van der Waals surface area contributed by atoms with Gasteiger partial charge in [0.25, 0.3) is 0 Å². The molecule has 0 saturated carbocycles. The van der Waals surface area contributed by atoms with Crippen LogP contribution < -0.4 is 10.6 Å². The zero-order valence-electron chi connectivity index (χ0n) is 13.2. The molecule has 0 aliphatic heterocycles. The van der Waals surface area contributed by atoms with Gasteiger partial charge in [0.15, 0.2) is 0 Å². The van der Waals surface area contributed by atoms with Gasteiger partial charge in [-0.25, -0.2) is 9.97 Å². The van der Waals surface area contributed by atoms with Crippen LogP contribution >= 0.6 is 11.3 Å². The van der Waals surface area contributed by atoms with Gasteiger partial charge in [0.05, 0.1) is 6.04 Å². The second-order valence-corrected chi connectivity index (χ2v) is 6.43. The predicted molar refractivity (Wildman–Crippen MR) is 91.3 cm³/mol. The Morgan fingerprint density at radius 2 is 1.95 bits per heavy atom. The molecule has 0 spiro atoms. The average molecular weight is 304 g/mol. The lowest BCUT2D eigenvalue weighted by atomic mass is 10.0. The molecule has 2 heterocycles. The molecule has 21 heavy (non-hydrogen) atoms. The lowest BCUT2D eigenvalue weighted by molar-refractivity contribution is 0.821. The van der Waals surface area contributed by atoms with E-state index in [1.165, 1.54) is 4.88 Å². The fourth-order valence-electron chi connectivity index (χ4n) is 2.26. The molecular weight excluding hydrogens is 280 g/mol. The summed E-state index contributed by atoms with van der Waals surface area (Å²) in [6, 6.07) is 4.47. The molecule has 2 rings (SSSR count). The smallest absolute Gasteiger partial charge is 0.135 e. The van der Waals surface area contributed by atoms with E-state index < -0.39 is 0 Å². The van der Waals surface area contributed by atoms with E-state index in [-0.39, 0.29) is 6.04 Å². The molecule has 2 N–H and O–H groups in total. The van der Waals surface area contributed by atoms with Gasteiger partial charge in [0.1, 0.15) is 18.0 Å². The van der Waals surface area contributed by atoms with Crippen molar-refractivity contribution in [2.45, 2.75) is 46.1 Å². The third-order valence-electron chi connectivity index (χ3n) is 3.33. The van der Waals surface area contributed by atoms with Gasteiger partial charge in [-0.2, -0.15) is 0 Å². The van der Waals surface area contributed by atoms with Crippen LogP contribution in [0.1, 0.15) is 56.5 Å². The Hall–Kier alpha value is -1.62. The molecule has 0 aliphatic rings. The van der Waals surface area contributed by atoms with Crippen molar-refractivity contribution in [1.82, 2.24) is 9.97 Å². The van der Waals surface area contributed by atoms with E-state index in [2.05, 4.69) is 65.8 Å². The zero-order valence-corrected chi connectivity index (χ0v) is 14.0. The van der Waals surface area contributed by atoms with Crippen LogP contribution in [0.2, 0.25) is 0 Å². The van der Waals surface area contributed by atoms with Crippen LogP contribution in [0.4, 0.5) is 11.6 Å². The van der Waals surface area contributed by atoms with E-state index in [9.17, 15) is 0 Å². The first kappa shape index (κ1) is 15.8. The first-order chi connectivity index (χ1) is 10.1. The van der Waals surface area contributed by atoms with E-state index in [0.29, 0.717) is 5.92 Å². The summed E-state index contributed by atoms with van der Waals surface area (Å²) in [4.78, 5) is 10.2. The number of anilines is 2. The summed E-state index contributed by atoms with van der Waals surface area (Å²) in [6.45, 7) is 9.60. The molecule has 0 fully saturated rings. The van der Waals surface area contributed by atoms with E-state index >= 15 is 0 Å². The maximum Gasteiger partial charge on any atom is 0.135 e. The SMILES string of the molecule is CCCNc1ncnc(NC(C)c2cccs2)c1C(C)C. The normalized spacial score (nSPS) is 12.4. The lowest BCUT2D eigenvalue weighted by Gasteiger charge is -2.20. The molecule has 114 valence electrons. The first-order valence-corrected chi connectivity index (χ1v) is 8.40. The minimum Gasteiger partial charge on any atom is -0.370 e. The standard InChI is InChI=1S/C16H24N4S/c1-5-8-17-15-14(11(2)3)16(19-10-18-15)20-12(4)13-7-6-9-21-13/h6-7,9-12H,5,8H2,1-4H3,(H2,17,18,19,20). The fourth-order valence-corrected chi connectivity index (χ4v) is 2.99. The zero-order chi connectivity index (χ0) is 15.2. The van der Waals surface area contributed by atoms with Gasteiger partial charge in [-0.1, -0.05) is 26.8 Å². The highest BCUT2D eigenvalue weighted by Crippen LogP contribution is 2.31. The third kappa shape index (κ3) is 3.94. The number of rotatable bonds is 7. The quantitative estimate of drug-likeness (QED) is 0.781. The largest absolute Gasteiger partial charge is 0.370 e. The van der Waals surface area contributed by atoms with Crippen LogP contribution in [-0.2, 0) is 0 Å². The average Bonchev–Trinajstić information content (AvgIpc) is 2.99. The maximum atomic E-state index is 4.46. The van der Waals surface area contributed by atoms with Gasteiger partial charge in [-0.3, -0.25) is 0 Å². The van der Waals surface area contributed by atoms with Crippen molar-refractivity contribution < 1.29 is 0 Å². The third-order valence-corrected chi connectivity index (χ3v) is 4.38. The number of hydrogen-bond acceptors (Lipinski definition) is 5. The van der Waals surface area contributed by atoms with Gasteiger partial charge < -0.3 is 10.6 Å². The second-order valence-electron chi connectivity index (χ2n) is 5.45. The van der Waals surface area contributed by atoms with Gasteiger partial charge in [0, 0.05) is 17.0 Å². The van der Waals surface area contributed by atoms with Crippen molar-refractivity contribution >= 4 is 23.0 Å². The minimum atomic E-state index is 0.247. The van der Waals surface area contributed by atoms with Crippen LogP contribution in [0.5, 0.6) is 0 Å². The molecule has 0 bridgehead atoms. The molecule has 1 atom stereocenters. The predicted octanol–water partition coefficient (Wildman–Crippen LogP) is 4.66. The van der Waals surface area contributed by atoms with Gasteiger partial charge in [-0.15, -0.1) is 11.3 Å². The van der Waals surface area contributed by atoms with Gasteiger partial charge >= 0.3 is 0 Å². The van der Waals surface area contributed by atoms with Crippen LogP contribution in [0.3, 0.4) is 0 Å². The highest BCUT2D eigenvalue weighted by molar-refractivity contribution is 7.10. The van der Waals surface area contributed by atoms with E-state index in [1.54, 1.807) is 17.7 Å². The Morgan fingerprint density at radius 1 is 1.19 bits per heavy atom. The Morgan fingerprint density at radius 3 is 2.57 bits per heavy atom. The molecule has 0 aliphatic carbocycles. The number of thiophene rings is 1. The molecule has 5 heteroatoms. The van der Waals surface area contributed by atoms with Crippen LogP contribution in [0, 0.1) is 0 Å².